The van der Waals surface area contributed by atoms with Gasteiger partial charge >= 0.3 is 0 Å². The van der Waals surface area contributed by atoms with Crippen LogP contribution in [0, 0.1) is 0 Å². The van der Waals surface area contributed by atoms with Crippen LogP contribution in [0.15, 0.2) is 80.2 Å². The van der Waals surface area contributed by atoms with Crippen molar-refractivity contribution < 1.29 is 8.83 Å². The van der Waals surface area contributed by atoms with E-state index >= 15 is 0 Å². The Balaban J connectivity index is 1.86. The van der Waals surface area contributed by atoms with Gasteiger partial charge in [0.05, 0.1) is 18.8 Å². The smallest absolute Gasteiger partial charge is 0.129 e. The van der Waals surface area contributed by atoms with Gasteiger partial charge in [0.2, 0.25) is 0 Å². The first kappa shape index (κ1) is 29.9. The molecule has 0 N–H and O–H groups in total. The van der Waals surface area contributed by atoms with E-state index in [0.717, 1.165) is 17.9 Å². The Morgan fingerprint density at radius 3 is 1.44 bits per heavy atom. The molecule has 2 nitrogen and oxygen atoms in total. The number of rotatable bonds is 10. The predicted molar refractivity (Wildman–Crippen MR) is 179 cm³/mol. The predicted octanol–water partition coefficient (Wildman–Crippen LogP) is 9.92. The molecule has 0 spiro atoms. The summed E-state index contributed by atoms with van der Waals surface area (Å²) >= 11 is 0. The molecule has 5 heteroatoms. The van der Waals surface area contributed by atoms with Crippen molar-refractivity contribution in [3.05, 3.63) is 82.9 Å². The molecule has 2 aromatic rings. The summed E-state index contributed by atoms with van der Waals surface area (Å²) in [7, 11) is -5.17. The van der Waals surface area contributed by atoms with Crippen LogP contribution in [0.4, 0.5) is 0 Å². The Morgan fingerprint density at radius 2 is 1.10 bits per heavy atom. The molecule has 4 rings (SSSR count). The molecule has 0 saturated heterocycles. The molecule has 210 valence electrons. The average molecular weight is 575 g/mol. The third-order valence-corrected chi connectivity index (χ3v) is 18.2. The Hall–Kier alpha value is -2.09. The number of allylic oxidation sites excluding steroid dienone is 9. The first-order valence-corrected chi connectivity index (χ1v) is 24.6. The zero-order valence-electron chi connectivity index (χ0n) is 26.3. The van der Waals surface area contributed by atoms with Crippen LogP contribution < -0.4 is 10.8 Å². The van der Waals surface area contributed by atoms with Crippen molar-refractivity contribution in [3.63, 3.8) is 0 Å². The first-order valence-electron chi connectivity index (χ1n) is 14.7. The summed E-state index contributed by atoms with van der Waals surface area (Å²) in [6, 6.07) is 10.2. The van der Waals surface area contributed by atoms with Crippen LogP contribution >= 0.6 is 0 Å². The quantitative estimate of drug-likeness (QED) is 0.160. The fraction of sp³-hybridized carbons (Fsp3) is 0.471. The molecule has 0 aliphatic heterocycles. The highest BCUT2D eigenvalue weighted by Gasteiger charge is 2.51. The molecule has 0 aromatic carbocycles. The van der Waals surface area contributed by atoms with Crippen molar-refractivity contribution in [1.29, 1.82) is 0 Å². The van der Waals surface area contributed by atoms with Crippen molar-refractivity contribution in [2.24, 2.45) is 0 Å². The fourth-order valence-electron chi connectivity index (χ4n) is 6.78. The Bertz CT molecular complexity index is 1280. The highest BCUT2D eigenvalue weighted by Crippen LogP contribution is 2.60. The van der Waals surface area contributed by atoms with E-state index in [-0.39, 0.29) is 0 Å². The van der Waals surface area contributed by atoms with E-state index in [9.17, 15) is 0 Å². The third kappa shape index (κ3) is 5.60. The molecule has 0 bridgehead atoms. The van der Waals surface area contributed by atoms with Gasteiger partial charge in [-0.25, -0.2) is 0 Å². The second-order valence-electron chi connectivity index (χ2n) is 14.3. The van der Waals surface area contributed by atoms with Gasteiger partial charge in [-0.15, -0.1) is 6.58 Å². The average Bonchev–Trinajstić information content (AvgIpc) is 3.61. The van der Waals surface area contributed by atoms with Crippen molar-refractivity contribution in [3.8, 4) is 0 Å². The maximum atomic E-state index is 6.67. The molecule has 2 aromatic heterocycles. The van der Waals surface area contributed by atoms with Gasteiger partial charge in [-0.1, -0.05) is 98.8 Å². The van der Waals surface area contributed by atoms with Gasteiger partial charge in [-0.3, -0.25) is 0 Å². The monoisotopic (exact) mass is 574 g/mol. The lowest BCUT2D eigenvalue weighted by Crippen LogP contribution is -2.43. The molecule has 2 atom stereocenters. The van der Waals surface area contributed by atoms with Gasteiger partial charge in [0, 0.05) is 11.1 Å². The molecular formula is C34H50O2Si3. The van der Waals surface area contributed by atoms with Crippen LogP contribution in [0.5, 0.6) is 0 Å². The van der Waals surface area contributed by atoms with Crippen molar-refractivity contribution >= 4 is 46.1 Å². The number of unbranched alkanes of at least 4 members (excludes halogenated alkanes) is 1. The van der Waals surface area contributed by atoms with E-state index in [1.54, 1.807) is 0 Å². The molecule has 2 heterocycles. The molecule has 2 aliphatic carbocycles. The molecule has 0 amide bonds. The Labute approximate surface area is 240 Å². The van der Waals surface area contributed by atoms with Gasteiger partial charge in [0.15, 0.2) is 0 Å². The van der Waals surface area contributed by atoms with Crippen LogP contribution in [-0.4, -0.2) is 24.2 Å². The van der Waals surface area contributed by atoms with Crippen LogP contribution in [0.2, 0.25) is 63.0 Å². The van der Waals surface area contributed by atoms with Gasteiger partial charge in [0.1, 0.15) is 27.7 Å². The molecule has 2 unspecified atom stereocenters. The van der Waals surface area contributed by atoms with Gasteiger partial charge in [-0.05, 0) is 69.5 Å². The second-order valence-corrected chi connectivity index (χ2v) is 29.0. The SMILES string of the molecule is C=CCCC[Si](C)(C1C(c2ccc([Si](C)(C)C)o2)=CC(C)=C1C)C1C(c2ccc([Si](C)(C)C)o2)=CC(C)=C1C. The summed E-state index contributed by atoms with van der Waals surface area (Å²) in [5, 5.41) is 2.38. The lowest BCUT2D eigenvalue weighted by molar-refractivity contribution is 0.578. The molecule has 0 radical (unpaired) electrons. The molecular weight excluding hydrogens is 525 g/mol. The maximum Gasteiger partial charge on any atom is 0.129 e. The Morgan fingerprint density at radius 1 is 0.692 bits per heavy atom. The van der Waals surface area contributed by atoms with Crippen molar-refractivity contribution in [2.75, 3.05) is 0 Å². The minimum absolute atomic E-state index is 0.406. The number of hydrogen-bond donors (Lipinski definition) is 0. The molecule has 2 aliphatic rings. The van der Waals surface area contributed by atoms with Crippen LogP contribution in [0.25, 0.3) is 11.1 Å². The highest BCUT2D eigenvalue weighted by molar-refractivity contribution is 6.88. The van der Waals surface area contributed by atoms with Crippen LogP contribution in [-0.2, 0) is 0 Å². The first-order chi connectivity index (χ1) is 18.1. The molecule has 0 fully saturated rings. The lowest BCUT2D eigenvalue weighted by Gasteiger charge is -2.43. The second kappa shape index (κ2) is 10.7. The van der Waals surface area contributed by atoms with Gasteiger partial charge in [-0.2, -0.15) is 0 Å². The van der Waals surface area contributed by atoms with Crippen LogP contribution in [0.3, 0.4) is 0 Å². The summed E-state index contributed by atoms with van der Waals surface area (Å²) in [6.45, 7) is 30.3. The zero-order valence-corrected chi connectivity index (χ0v) is 29.3. The van der Waals surface area contributed by atoms with Gasteiger partial charge < -0.3 is 8.83 Å². The van der Waals surface area contributed by atoms with E-state index in [0.29, 0.717) is 11.1 Å². The normalized spacial score (nSPS) is 21.9. The van der Waals surface area contributed by atoms with E-state index in [1.165, 1.54) is 56.7 Å². The van der Waals surface area contributed by atoms with E-state index < -0.39 is 24.2 Å². The van der Waals surface area contributed by atoms with Crippen molar-refractivity contribution in [1.82, 2.24) is 0 Å². The maximum absolute atomic E-state index is 6.67. The molecule has 0 saturated carbocycles. The topological polar surface area (TPSA) is 26.3 Å². The van der Waals surface area contributed by atoms with E-state index in [2.05, 4.69) is 123 Å². The number of hydrogen-bond acceptors (Lipinski definition) is 2. The summed E-state index contributed by atoms with van der Waals surface area (Å²) in [6.07, 6.45) is 9.20. The standard InChI is InChI=1S/C34H50O2Si3/c1-13-14-15-20-39(12,33-25(4)23(2)21-27(33)29-16-18-31(35-29)37(6,7)8)34-26(5)24(3)22-28(34)30-17-19-32(36-30)38(9,10)11/h13,16-19,21-22,33-34H,1,14-15,20H2,2-12H3. The summed E-state index contributed by atoms with van der Waals surface area (Å²) in [5.41, 5.74) is 9.49. The minimum atomic E-state index is -2.09. The lowest BCUT2D eigenvalue weighted by atomic mass is 10.1. The van der Waals surface area contributed by atoms with E-state index in [1.807, 2.05) is 0 Å². The van der Waals surface area contributed by atoms with Crippen LogP contribution in [0.1, 0.15) is 52.1 Å². The fourth-order valence-corrected chi connectivity index (χ4v) is 15.0. The summed E-state index contributed by atoms with van der Waals surface area (Å²) < 4.78 is 13.3. The van der Waals surface area contributed by atoms with Gasteiger partial charge in [0.25, 0.3) is 0 Å². The Kier molecular flexibility index (Phi) is 8.21. The third-order valence-electron chi connectivity index (χ3n) is 9.18. The minimum Gasteiger partial charge on any atom is -0.467 e. The molecule has 39 heavy (non-hydrogen) atoms. The highest BCUT2D eigenvalue weighted by atomic mass is 28.3. The zero-order chi connectivity index (χ0) is 28.9. The summed E-state index contributed by atoms with van der Waals surface area (Å²) in [4.78, 5) is 0. The summed E-state index contributed by atoms with van der Waals surface area (Å²) in [5.74, 6) is 2.16. The van der Waals surface area contributed by atoms with Crippen molar-refractivity contribution in [2.45, 2.75) is 103 Å². The number of furan rings is 2. The van der Waals surface area contributed by atoms with E-state index in [4.69, 9.17) is 8.83 Å². The largest absolute Gasteiger partial charge is 0.467 e.